The van der Waals surface area contributed by atoms with Crippen molar-refractivity contribution in [3.8, 4) is 0 Å². The molecular formula is C11H23NSi. The van der Waals surface area contributed by atoms with Crippen molar-refractivity contribution in [1.29, 1.82) is 0 Å². The number of likely N-dealkylation sites (N-methyl/N-ethyl adjacent to an activating group) is 1. The van der Waals surface area contributed by atoms with Crippen molar-refractivity contribution in [2.45, 2.75) is 25.7 Å². The molecule has 0 aromatic heterocycles. The van der Waals surface area contributed by atoms with Gasteiger partial charge >= 0.3 is 0 Å². The zero-order valence-electron chi connectivity index (χ0n) is 9.72. The predicted molar refractivity (Wildman–Crippen MR) is 65.0 cm³/mol. The first-order valence-electron chi connectivity index (χ1n) is 4.80. The van der Waals surface area contributed by atoms with Crippen molar-refractivity contribution >= 4 is 8.07 Å². The zero-order chi connectivity index (χ0) is 10.5. The van der Waals surface area contributed by atoms with Crippen molar-refractivity contribution in [3.63, 3.8) is 0 Å². The molecule has 0 heterocycles. The van der Waals surface area contributed by atoms with Crippen LogP contribution in [0.1, 0.15) is 0 Å². The fourth-order valence-corrected chi connectivity index (χ4v) is 3.01. The number of nitrogens with zero attached hydrogens (tertiary/aromatic N) is 1. The quantitative estimate of drug-likeness (QED) is 0.484. The Kier molecular flexibility index (Phi) is 5.26. The van der Waals surface area contributed by atoms with E-state index in [2.05, 4.69) is 51.3 Å². The van der Waals surface area contributed by atoms with Gasteiger partial charge in [0.15, 0.2) is 0 Å². The van der Waals surface area contributed by atoms with E-state index in [9.17, 15) is 0 Å². The Balaban J connectivity index is 4.28. The molecule has 0 spiro atoms. The van der Waals surface area contributed by atoms with Crippen LogP contribution in [0.5, 0.6) is 0 Å². The van der Waals surface area contributed by atoms with Crippen molar-refractivity contribution in [1.82, 2.24) is 4.90 Å². The van der Waals surface area contributed by atoms with Crippen LogP contribution in [0.2, 0.25) is 25.7 Å². The molecule has 0 aromatic carbocycles. The average Bonchev–Trinajstić information content (AvgIpc) is 1.81. The molecule has 0 aliphatic rings. The topological polar surface area (TPSA) is 3.24 Å². The summed E-state index contributed by atoms with van der Waals surface area (Å²) in [6.07, 6.45) is 4.07. The maximum atomic E-state index is 3.76. The molecule has 0 aliphatic carbocycles. The highest BCUT2D eigenvalue weighted by Crippen LogP contribution is 2.16. The number of hydrogen-bond acceptors (Lipinski definition) is 1. The van der Waals surface area contributed by atoms with Crippen LogP contribution >= 0.6 is 0 Å². The summed E-state index contributed by atoms with van der Waals surface area (Å²) in [5, 5.41) is 0. The highest BCUT2D eigenvalue weighted by atomic mass is 28.3. The summed E-state index contributed by atoms with van der Waals surface area (Å²) in [7, 11) is 3.26. The second kappa shape index (κ2) is 5.40. The van der Waals surface area contributed by atoms with E-state index < -0.39 is 8.07 Å². The molecule has 0 N–H and O–H groups in total. The van der Waals surface area contributed by atoms with Crippen molar-refractivity contribution in [2.75, 3.05) is 20.6 Å². The van der Waals surface area contributed by atoms with E-state index in [1.165, 1.54) is 11.6 Å². The van der Waals surface area contributed by atoms with Gasteiger partial charge in [0.1, 0.15) is 0 Å². The van der Waals surface area contributed by atoms with Gasteiger partial charge in [-0.1, -0.05) is 43.9 Å². The Labute approximate surface area is 84.2 Å². The molecule has 0 saturated heterocycles. The average molecular weight is 197 g/mol. The summed E-state index contributed by atoms with van der Waals surface area (Å²) < 4.78 is 0. The third-order valence-electron chi connectivity index (χ3n) is 1.63. The molecule has 0 unspecified atom stereocenters. The van der Waals surface area contributed by atoms with E-state index in [1.807, 2.05) is 6.08 Å². The molecule has 0 rings (SSSR count). The molecule has 0 saturated carbocycles. The summed E-state index contributed by atoms with van der Waals surface area (Å²) in [6.45, 7) is 12.0. The van der Waals surface area contributed by atoms with E-state index in [0.717, 1.165) is 6.54 Å². The molecule has 1 nitrogen and oxygen atoms in total. The van der Waals surface area contributed by atoms with Crippen molar-refractivity contribution < 1.29 is 0 Å². The SMILES string of the molecule is C=C/C=C(/CN(C)C)C[Si](C)(C)C. The Bertz CT molecular complexity index is 187. The number of allylic oxidation sites excluding steroid dienone is 2. The van der Waals surface area contributed by atoms with Gasteiger partial charge < -0.3 is 4.90 Å². The summed E-state index contributed by atoms with van der Waals surface area (Å²) >= 11 is 0. The Morgan fingerprint density at radius 2 is 1.85 bits per heavy atom. The Morgan fingerprint density at radius 3 is 2.15 bits per heavy atom. The first kappa shape index (κ1) is 12.7. The zero-order valence-corrected chi connectivity index (χ0v) is 10.7. The van der Waals surface area contributed by atoms with Gasteiger partial charge in [0.2, 0.25) is 0 Å². The van der Waals surface area contributed by atoms with Crippen LogP contribution in [0.25, 0.3) is 0 Å². The van der Waals surface area contributed by atoms with Crippen molar-refractivity contribution in [2.24, 2.45) is 0 Å². The van der Waals surface area contributed by atoms with Crippen LogP contribution in [-0.2, 0) is 0 Å². The lowest BCUT2D eigenvalue weighted by Gasteiger charge is -2.20. The molecule has 13 heavy (non-hydrogen) atoms. The van der Waals surface area contributed by atoms with Crippen LogP contribution < -0.4 is 0 Å². The second-order valence-corrected chi connectivity index (χ2v) is 10.5. The number of rotatable bonds is 5. The van der Waals surface area contributed by atoms with Gasteiger partial charge in [0.05, 0.1) is 0 Å². The summed E-state index contributed by atoms with van der Waals surface area (Å²) in [5.41, 5.74) is 1.51. The van der Waals surface area contributed by atoms with Crippen LogP contribution in [0.4, 0.5) is 0 Å². The maximum absolute atomic E-state index is 3.76. The van der Waals surface area contributed by atoms with Gasteiger partial charge in [0.25, 0.3) is 0 Å². The van der Waals surface area contributed by atoms with E-state index in [4.69, 9.17) is 0 Å². The minimum atomic E-state index is -0.967. The molecule has 76 valence electrons. The van der Waals surface area contributed by atoms with E-state index in [0.29, 0.717) is 0 Å². The Hall–Kier alpha value is -0.343. The van der Waals surface area contributed by atoms with Crippen LogP contribution in [0.3, 0.4) is 0 Å². The minimum absolute atomic E-state index is 0.967. The first-order valence-corrected chi connectivity index (χ1v) is 8.51. The Morgan fingerprint density at radius 1 is 1.31 bits per heavy atom. The lowest BCUT2D eigenvalue weighted by molar-refractivity contribution is 0.445. The molecule has 0 fully saturated rings. The highest BCUT2D eigenvalue weighted by Gasteiger charge is 2.15. The van der Waals surface area contributed by atoms with Gasteiger partial charge in [-0.2, -0.15) is 0 Å². The summed E-state index contributed by atoms with van der Waals surface area (Å²) in [4.78, 5) is 2.22. The smallest absolute Gasteiger partial charge is 0.0483 e. The molecule has 2 heteroatoms. The predicted octanol–water partition coefficient (Wildman–Crippen LogP) is 3.00. The third kappa shape index (κ3) is 8.00. The maximum Gasteiger partial charge on any atom is 0.0483 e. The molecule has 0 amide bonds. The molecule has 0 aliphatic heterocycles. The normalized spacial score (nSPS) is 13.5. The van der Waals surface area contributed by atoms with Gasteiger partial charge in [0, 0.05) is 14.6 Å². The lowest BCUT2D eigenvalue weighted by atomic mass is 10.2. The van der Waals surface area contributed by atoms with E-state index >= 15 is 0 Å². The minimum Gasteiger partial charge on any atom is -0.305 e. The third-order valence-corrected chi connectivity index (χ3v) is 3.15. The molecular weight excluding hydrogens is 174 g/mol. The van der Waals surface area contributed by atoms with Gasteiger partial charge in [-0.15, -0.1) is 0 Å². The van der Waals surface area contributed by atoms with E-state index in [1.54, 1.807) is 0 Å². The van der Waals surface area contributed by atoms with Crippen LogP contribution in [-0.4, -0.2) is 33.6 Å². The van der Waals surface area contributed by atoms with Crippen LogP contribution in [0.15, 0.2) is 24.3 Å². The number of hydrogen-bond donors (Lipinski definition) is 0. The highest BCUT2D eigenvalue weighted by molar-refractivity contribution is 6.76. The largest absolute Gasteiger partial charge is 0.305 e. The first-order chi connectivity index (χ1) is 5.85. The monoisotopic (exact) mass is 197 g/mol. The van der Waals surface area contributed by atoms with Gasteiger partial charge in [-0.05, 0) is 20.1 Å². The summed E-state index contributed by atoms with van der Waals surface area (Å²) in [5.74, 6) is 0. The molecule has 0 radical (unpaired) electrons. The standard InChI is InChI=1S/C11H23NSi/c1-7-8-11(9-12(2)3)10-13(4,5)6/h7-8H,1,9-10H2,2-6H3/b11-8-. The van der Waals surface area contributed by atoms with Gasteiger partial charge in [-0.25, -0.2) is 0 Å². The van der Waals surface area contributed by atoms with Crippen LogP contribution in [0, 0.1) is 0 Å². The molecule has 0 aromatic rings. The molecule has 0 bridgehead atoms. The fourth-order valence-electron chi connectivity index (χ4n) is 1.42. The fraction of sp³-hybridized carbons (Fsp3) is 0.636. The van der Waals surface area contributed by atoms with E-state index in [-0.39, 0.29) is 0 Å². The lowest BCUT2D eigenvalue weighted by Crippen LogP contribution is -2.24. The molecule has 0 atom stereocenters. The second-order valence-electron chi connectivity index (χ2n) is 5.04. The van der Waals surface area contributed by atoms with Crippen molar-refractivity contribution in [3.05, 3.63) is 24.3 Å². The summed E-state index contributed by atoms with van der Waals surface area (Å²) in [6, 6.07) is 1.27. The van der Waals surface area contributed by atoms with Gasteiger partial charge in [-0.3, -0.25) is 0 Å².